The highest BCUT2D eigenvalue weighted by atomic mass is 35.5. The number of nitrogens with zero attached hydrogens (tertiary/aromatic N) is 3. The number of fused-ring (bicyclic) bond motifs is 1. The average molecular weight is 418 g/mol. The first kappa shape index (κ1) is 18.8. The molecule has 9 heteroatoms. The van der Waals surface area contributed by atoms with Gasteiger partial charge >= 0.3 is 0 Å². The minimum Gasteiger partial charge on any atom is -0.376 e. The number of nitro groups is 1. The van der Waals surface area contributed by atoms with E-state index in [4.69, 9.17) is 16.3 Å². The third-order valence-electron chi connectivity index (χ3n) is 4.57. The lowest BCUT2D eigenvalue weighted by Crippen LogP contribution is -2.37. The first-order valence-corrected chi connectivity index (χ1v) is 9.95. The average Bonchev–Trinajstić information content (AvgIpc) is 3.36. The van der Waals surface area contributed by atoms with Crippen LogP contribution < -0.4 is 4.90 Å². The van der Waals surface area contributed by atoms with Gasteiger partial charge < -0.3 is 4.74 Å². The molecule has 1 aliphatic heterocycles. The highest BCUT2D eigenvalue weighted by Gasteiger charge is 2.27. The SMILES string of the molecule is O=C(c1ccc([N+](=O)[O-])cc1)N(CC1CCCO1)c1nc2c(Cl)cccc2s1. The lowest BCUT2D eigenvalue weighted by atomic mass is 10.1. The number of hydrogen-bond acceptors (Lipinski definition) is 6. The van der Waals surface area contributed by atoms with Crippen LogP contribution in [0.4, 0.5) is 10.8 Å². The van der Waals surface area contributed by atoms with Crippen LogP contribution in [-0.2, 0) is 4.74 Å². The van der Waals surface area contributed by atoms with Crippen LogP contribution in [0.2, 0.25) is 5.02 Å². The molecule has 1 fully saturated rings. The smallest absolute Gasteiger partial charge is 0.269 e. The molecule has 28 heavy (non-hydrogen) atoms. The Balaban J connectivity index is 1.70. The Morgan fingerprint density at radius 3 is 2.75 bits per heavy atom. The van der Waals surface area contributed by atoms with E-state index >= 15 is 0 Å². The van der Waals surface area contributed by atoms with Gasteiger partial charge in [-0.2, -0.15) is 0 Å². The van der Waals surface area contributed by atoms with Crippen LogP contribution in [0.15, 0.2) is 42.5 Å². The van der Waals surface area contributed by atoms with Crippen molar-refractivity contribution in [2.24, 2.45) is 0 Å². The van der Waals surface area contributed by atoms with Gasteiger partial charge in [0.15, 0.2) is 5.13 Å². The van der Waals surface area contributed by atoms with Gasteiger partial charge in [-0.05, 0) is 37.1 Å². The maximum atomic E-state index is 13.2. The predicted molar refractivity (Wildman–Crippen MR) is 108 cm³/mol. The van der Waals surface area contributed by atoms with E-state index in [-0.39, 0.29) is 17.7 Å². The minimum absolute atomic E-state index is 0.0611. The number of rotatable bonds is 5. The molecular formula is C19H16ClN3O4S. The van der Waals surface area contributed by atoms with E-state index in [0.29, 0.717) is 34.4 Å². The number of ether oxygens (including phenoxy) is 1. The molecule has 144 valence electrons. The molecule has 1 aliphatic rings. The Kier molecular flexibility index (Phi) is 5.25. The third-order valence-corrected chi connectivity index (χ3v) is 5.92. The quantitative estimate of drug-likeness (QED) is 0.444. The van der Waals surface area contributed by atoms with Crippen LogP contribution in [-0.4, -0.2) is 35.1 Å². The number of amides is 1. The second-order valence-electron chi connectivity index (χ2n) is 6.44. The van der Waals surface area contributed by atoms with Crippen LogP contribution in [0.25, 0.3) is 10.2 Å². The maximum Gasteiger partial charge on any atom is 0.269 e. The Labute approximate surface area is 169 Å². The van der Waals surface area contributed by atoms with Crippen molar-refractivity contribution >= 4 is 49.9 Å². The number of carbonyl (C=O) groups is 1. The lowest BCUT2D eigenvalue weighted by molar-refractivity contribution is -0.384. The van der Waals surface area contributed by atoms with Gasteiger partial charge in [0.1, 0.15) is 5.52 Å². The number of halogens is 1. The molecule has 0 radical (unpaired) electrons. The summed E-state index contributed by atoms with van der Waals surface area (Å²) in [4.78, 5) is 29.7. The second kappa shape index (κ2) is 7.83. The van der Waals surface area contributed by atoms with E-state index < -0.39 is 4.92 Å². The molecule has 1 amide bonds. The molecule has 4 rings (SSSR count). The Morgan fingerprint density at radius 2 is 2.11 bits per heavy atom. The lowest BCUT2D eigenvalue weighted by Gasteiger charge is -2.23. The van der Waals surface area contributed by atoms with Gasteiger partial charge in [0.25, 0.3) is 11.6 Å². The number of nitro benzene ring substituents is 1. The van der Waals surface area contributed by atoms with Gasteiger partial charge in [0, 0.05) is 24.3 Å². The van der Waals surface area contributed by atoms with Crippen molar-refractivity contribution < 1.29 is 14.5 Å². The number of anilines is 1. The fourth-order valence-corrected chi connectivity index (χ4v) is 4.41. The van der Waals surface area contributed by atoms with Crippen LogP contribution in [0.1, 0.15) is 23.2 Å². The van der Waals surface area contributed by atoms with Gasteiger partial charge in [-0.25, -0.2) is 4.98 Å². The molecule has 1 aromatic heterocycles. The van der Waals surface area contributed by atoms with Crippen LogP contribution in [0, 0.1) is 10.1 Å². The molecule has 3 aromatic rings. The summed E-state index contributed by atoms with van der Waals surface area (Å²) in [6, 6.07) is 11.1. The first-order chi connectivity index (χ1) is 13.5. The van der Waals surface area contributed by atoms with Gasteiger partial charge in [-0.15, -0.1) is 0 Å². The number of benzene rings is 2. The summed E-state index contributed by atoms with van der Waals surface area (Å²) >= 11 is 7.62. The van der Waals surface area contributed by atoms with Gasteiger partial charge in [-0.1, -0.05) is 29.0 Å². The van der Waals surface area contributed by atoms with E-state index in [1.165, 1.54) is 35.6 Å². The van der Waals surface area contributed by atoms with E-state index in [9.17, 15) is 14.9 Å². The zero-order chi connectivity index (χ0) is 19.7. The largest absolute Gasteiger partial charge is 0.376 e. The Morgan fingerprint density at radius 1 is 1.32 bits per heavy atom. The fourth-order valence-electron chi connectivity index (χ4n) is 3.14. The molecule has 0 spiro atoms. The molecule has 0 saturated carbocycles. The number of carbonyl (C=O) groups excluding carboxylic acids is 1. The molecule has 0 N–H and O–H groups in total. The van der Waals surface area contributed by atoms with E-state index in [0.717, 1.165) is 17.5 Å². The zero-order valence-electron chi connectivity index (χ0n) is 14.7. The maximum absolute atomic E-state index is 13.2. The second-order valence-corrected chi connectivity index (χ2v) is 7.85. The minimum atomic E-state index is -0.492. The zero-order valence-corrected chi connectivity index (χ0v) is 16.3. The number of non-ortho nitro benzene ring substituents is 1. The molecule has 0 aliphatic carbocycles. The van der Waals surface area contributed by atoms with Crippen molar-refractivity contribution in [1.29, 1.82) is 0 Å². The molecule has 7 nitrogen and oxygen atoms in total. The summed E-state index contributed by atoms with van der Waals surface area (Å²) in [5.41, 5.74) is 0.945. The first-order valence-electron chi connectivity index (χ1n) is 8.76. The summed E-state index contributed by atoms with van der Waals surface area (Å²) in [5, 5.41) is 11.9. The summed E-state index contributed by atoms with van der Waals surface area (Å²) < 4.78 is 6.59. The standard InChI is InChI=1S/C19H16ClN3O4S/c20-15-4-1-5-16-17(15)21-19(28-16)22(11-14-3-2-10-27-14)18(24)12-6-8-13(9-7-12)23(25)26/h1,4-9,14H,2-3,10-11H2. The van der Waals surface area contributed by atoms with Crippen molar-refractivity contribution in [1.82, 2.24) is 4.98 Å². The van der Waals surface area contributed by atoms with E-state index in [1.807, 2.05) is 12.1 Å². The summed E-state index contributed by atoms with van der Waals surface area (Å²) in [5.74, 6) is -0.277. The van der Waals surface area contributed by atoms with Crippen LogP contribution >= 0.6 is 22.9 Å². The number of para-hydroxylation sites is 1. The summed E-state index contributed by atoms with van der Waals surface area (Å²) in [7, 11) is 0. The van der Waals surface area contributed by atoms with E-state index in [1.54, 1.807) is 11.0 Å². The van der Waals surface area contributed by atoms with Crippen molar-refractivity contribution in [3.63, 3.8) is 0 Å². The van der Waals surface area contributed by atoms with Crippen LogP contribution in [0.5, 0.6) is 0 Å². The van der Waals surface area contributed by atoms with Gasteiger partial charge in [0.05, 0.1) is 27.3 Å². The Hall–Kier alpha value is -2.55. The topological polar surface area (TPSA) is 85.6 Å². The van der Waals surface area contributed by atoms with Crippen molar-refractivity contribution in [2.45, 2.75) is 18.9 Å². The molecule has 1 unspecified atom stereocenters. The number of thiazole rings is 1. The molecule has 2 aromatic carbocycles. The third kappa shape index (κ3) is 3.71. The normalized spacial score (nSPS) is 16.4. The molecular weight excluding hydrogens is 402 g/mol. The van der Waals surface area contributed by atoms with Crippen molar-refractivity contribution in [2.75, 3.05) is 18.1 Å². The van der Waals surface area contributed by atoms with Crippen molar-refractivity contribution in [3.8, 4) is 0 Å². The molecule has 1 atom stereocenters. The monoisotopic (exact) mass is 417 g/mol. The van der Waals surface area contributed by atoms with Crippen molar-refractivity contribution in [3.05, 3.63) is 63.2 Å². The number of aromatic nitrogens is 1. The van der Waals surface area contributed by atoms with Crippen LogP contribution in [0.3, 0.4) is 0 Å². The molecule has 2 heterocycles. The summed E-state index contributed by atoms with van der Waals surface area (Å²) in [6.45, 7) is 1.04. The highest BCUT2D eigenvalue weighted by Crippen LogP contribution is 2.34. The Bertz CT molecular complexity index is 1030. The highest BCUT2D eigenvalue weighted by molar-refractivity contribution is 7.22. The summed E-state index contributed by atoms with van der Waals surface area (Å²) in [6.07, 6.45) is 1.76. The molecule has 1 saturated heterocycles. The van der Waals surface area contributed by atoms with E-state index in [2.05, 4.69) is 4.98 Å². The molecule has 0 bridgehead atoms. The van der Waals surface area contributed by atoms with Gasteiger partial charge in [0.2, 0.25) is 0 Å². The number of hydrogen-bond donors (Lipinski definition) is 0. The van der Waals surface area contributed by atoms with Gasteiger partial charge in [-0.3, -0.25) is 19.8 Å². The fraction of sp³-hybridized carbons (Fsp3) is 0.263. The predicted octanol–water partition coefficient (Wildman–Crippen LogP) is 4.68.